The van der Waals surface area contributed by atoms with Gasteiger partial charge in [0, 0.05) is 25.2 Å². The van der Waals surface area contributed by atoms with Gasteiger partial charge < -0.3 is 26.2 Å². The van der Waals surface area contributed by atoms with Crippen LogP contribution < -0.4 is 21.3 Å². The summed E-state index contributed by atoms with van der Waals surface area (Å²) in [5.41, 5.74) is -1.87. The Bertz CT molecular complexity index is 1510. The van der Waals surface area contributed by atoms with Crippen molar-refractivity contribution >= 4 is 39.6 Å². The minimum atomic E-state index is -3.59. The van der Waals surface area contributed by atoms with Gasteiger partial charge in [0.1, 0.15) is 12.1 Å². The van der Waals surface area contributed by atoms with Crippen LogP contribution in [0.4, 0.5) is 4.79 Å². The Morgan fingerprint density at radius 1 is 0.922 bits per heavy atom. The molecule has 14 heteroatoms. The molecule has 0 aromatic rings. The Morgan fingerprint density at radius 3 is 2.18 bits per heavy atom. The third kappa shape index (κ3) is 7.55. The van der Waals surface area contributed by atoms with Crippen LogP contribution in [0.2, 0.25) is 0 Å². The van der Waals surface area contributed by atoms with Crippen LogP contribution in [-0.2, 0) is 29.2 Å². The summed E-state index contributed by atoms with van der Waals surface area (Å²) in [6.45, 7) is 12.5. The highest BCUT2D eigenvalue weighted by Gasteiger charge is 2.70. The number of nitrogens with one attached hydrogen (secondary N) is 4. The SMILES string of the molecule is CCCC[C@H](NC(=O)[C@@H]1[C@@H]2[C@H](CN1C(=O)[C@@H](NC(=O)NC1([C@H]3CCN(C4CC4)S3(=O)=O)CCCCC1)C(C)(C)C)C2(C)C)C(=O)C(=O)NC1CC1. The molecule has 0 spiro atoms. The maximum Gasteiger partial charge on any atom is 0.315 e. The van der Waals surface area contributed by atoms with E-state index in [0.717, 1.165) is 51.4 Å². The fourth-order valence-corrected chi connectivity index (χ4v) is 11.9. The van der Waals surface area contributed by atoms with Crippen LogP contribution in [0.15, 0.2) is 0 Å². The molecular weight excluding hydrogens is 673 g/mol. The van der Waals surface area contributed by atoms with E-state index >= 15 is 0 Å². The van der Waals surface area contributed by atoms with Crippen LogP contribution in [0.25, 0.3) is 0 Å². The topological polar surface area (TPSA) is 174 Å². The summed E-state index contributed by atoms with van der Waals surface area (Å²) in [7, 11) is -3.59. The number of likely N-dealkylation sites (tertiary alicyclic amines) is 1. The standard InChI is InChI=1S/C37H60N6O7S/c1-7-8-12-25(29(44)32(46)38-22-13-14-22)39-31(45)28-27-24(36(27,5)6)21-42(28)33(47)30(35(2,3)4)40-34(48)41-37(18-10-9-11-19-37)26-17-20-43(23-15-16-23)51(26,49)50/h22-28,30H,7-21H2,1-6H3,(H,38,46)(H,39,45)(H2,40,41,48)/t24-,25-,26+,27-,28-,30+/m0/s1. The first-order valence-corrected chi connectivity index (χ1v) is 21.0. The number of hydrogen-bond acceptors (Lipinski definition) is 7. The second kappa shape index (κ2) is 13.9. The van der Waals surface area contributed by atoms with Crippen molar-refractivity contribution in [3.05, 3.63) is 0 Å². The number of sulfonamides is 1. The molecule has 0 aromatic heterocycles. The normalized spacial score (nSPS) is 30.4. The van der Waals surface area contributed by atoms with Crippen molar-refractivity contribution in [3.8, 4) is 0 Å². The van der Waals surface area contributed by atoms with Crippen LogP contribution >= 0.6 is 0 Å². The van der Waals surface area contributed by atoms with Gasteiger partial charge in [-0.1, -0.05) is 73.6 Å². The minimum Gasteiger partial charge on any atom is -0.347 e. The second-order valence-corrected chi connectivity index (χ2v) is 20.1. The molecule has 0 unspecified atom stereocenters. The number of urea groups is 1. The molecule has 13 nitrogen and oxygen atoms in total. The first-order chi connectivity index (χ1) is 23.9. The molecular formula is C37H60N6O7S. The molecule has 2 aliphatic heterocycles. The summed E-state index contributed by atoms with van der Waals surface area (Å²) in [5.74, 6) is -2.27. The van der Waals surface area contributed by atoms with Gasteiger partial charge in [0.25, 0.3) is 5.91 Å². The lowest BCUT2D eigenvalue weighted by atomic mass is 9.78. The molecule has 0 aromatic carbocycles. The molecule has 4 saturated carbocycles. The van der Waals surface area contributed by atoms with Crippen molar-refractivity contribution in [2.45, 2.75) is 166 Å². The van der Waals surface area contributed by atoms with E-state index in [1.54, 1.807) is 9.21 Å². The number of ketones is 1. The van der Waals surface area contributed by atoms with Gasteiger partial charge in [0.05, 0.1) is 16.8 Å². The quantitative estimate of drug-likeness (QED) is 0.211. The average molecular weight is 733 g/mol. The number of carbonyl (C=O) groups is 5. The summed E-state index contributed by atoms with van der Waals surface area (Å²) >= 11 is 0. The zero-order valence-electron chi connectivity index (χ0n) is 31.4. The monoisotopic (exact) mass is 732 g/mol. The molecule has 5 amide bonds. The van der Waals surface area contributed by atoms with Crippen LogP contribution in [0.5, 0.6) is 0 Å². The lowest BCUT2D eigenvalue weighted by molar-refractivity contribution is -0.145. The van der Waals surface area contributed by atoms with E-state index in [-0.39, 0.29) is 29.3 Å². The van der Waals surface area contributed by atoms with Gasteiger partial charge >= 0.3 is 6.03 Å². The van der Waals surface area contributed by atoms with Crippen molar-refractivity contribution in [3.63, 3.8) is 0 Å². The van der Waals surface area contributed by atoms with Gasteiger partial charge in [-0.15, -0.1) is 0 Å². The van der Waals surface area contributed by atoms with Crippen LogP contribution in [0, 0.1) is 22.7 Å². The summed E-state index contributed by atoms with van der Waals surface area (Å²) in [6.07, 6.45) is 9.34. The number of hydrogen-bond donors (Lipinski definition) is 4. The Labute approximate surface area is 303 Å². The van der Waals surface area contributed by atoms with Gasteiger partial charge in [0.15, 0.2) is 0 Å². The van der Waals surface area contributed by atoms with E-state index in [9.17, 15) is 32.4 Å². The highest BCUT2D eigenvalue weighted by molar-refractivity contribution is 7.90. The van der Waals surface area contributed by atoms with E-state index < -0.39 is 73.9 Å². The lowest BCUT2D eigenvalue weighted by Gasteiger charge is -2.43. The van der Waals surface area contributed by atoms with Gasteiger partial charge in [-0.2, -0.15) is 4.31 Å². The Morgan fingerprint density at radius 2 is 1.59 bits per heavy atom. The van der Waals surface area contributed by atoms with E-state index in [4.69, 9.17) is 0 Å². The van der Waals surface area contributed by atoms with Crippen LogP contribution in [-0.4, -0.2) is 101 Å². The zero-order chi connectivity index (χ0) is 37.1. The summed E-state index contributed by atoms with van der Waals surface area (Å²) in [4.78, 5) is 70.2. The molecule has 6 aliphatic rings. The van der Waals surface area contributed by atoms with Gasteiger partial charge in [-0.3, -0.25) is 19.2 Å². The largest absolute Gasteiger partial charge is 0.347 e. The molecule has 6 fully saturated rings. The van der Waals surface area contributed by atoms with Gasteiger partial charge in [-0.05, 0) is 74.0 Å². The van der Waals surface area contributed by atoms with Crippen molar-refractivity contribution < 1.29 is 32.4 Å². The number of nitrogens with zero attached hydrogens (tertiary/aromatic N) is 2. The predicted octanol–water partition coefficient (Wildman–Crippen LogP) is 2.98. The predicted molar refractivity (Wildman–Crippen MR) is 192 cm³/mol. The van der Waals surface area contributed by atoms with Crippen molar-refractivity contribution in [2.75, 3.05) is 13.1 Å². The van der Waals surface area contributed by atoms with Crippen molar-refractivity contribution in [1.29, 1.82) is 0 Å². The highest BCUT2D eigenvalue weighted by atomic mass is 32.2. The minimum absolute atomic E-state index is 0.00645. The molecule has 6 atom stereocenters. The van der Waals surface area contributed by atoms with E-state index in [1.165, 1.54) is 0 Å². The van der Waals surface area contributed by atoms with Crippen LogP contribution in [0.1, 0.15) is 125 Å². The van der Waals surface area contributed by atoms with E-state index in [2.05, 4.69) is 35.1 Å². The maximum absolute atomic E-state index is 14.6. The maximum atomic E-state index is 14.6. The number of unbranched alkanes of at least 4 members (excludes halogenated alkanes) is 1. The summed E-state index contributed by atoms with van der Waals surface area (Å²) < 4.78 is 29.2. The third-order valence-electron chi connectivity index (χ3n) is 12.7. The molecule has 4 N–H and O–H groups in total. The summed E-state index contributed by atoms with van der Waals surface area (Å²) in [6, 6.07) is -3.38. The molecule has 2 saturated heterocycles. The van der Waals surface area contributed by atoms with Gasteiger partial charge in [0.2, 0.25) is 27.6 Å². The average Bonchev–Trinajstić information content (AvgIpc) is 4.02. The van der Waals surface area contributed by atoms with E-state index in [1.807, 2.05) is 27.7 Å². The Balaban J connectivity index is 1.19. The number of Topliss-reactive ketones (excluding diaryl/α,β-unsaturated/α-hetero) is 1. The van der Waals surface area contributed by atoms with E-state index in [0.29, 0.717) is 45.2 Å². The molecule has 0 bridgehead atoms. The van der Waals surface area contributed by atoms with Gasteiger partial charge in [-0.25, -0.2) is 13.2 Å². The molecule has 0 radical (unpaired) electrons. The number of amides is 5. The smallest absolute Gasteiger partial charge is 0.315 e. The Kier molecular flexibility index (Phi) is 10.4. The molecule has 4 aliphatic carbocycles. The molecule has 6 rings (SSSR count). The molecule has 51 heavy (non-hydrogen) atoms. The summed E-state index contributed by atoms with van der Waals surface area (Å²) in [5, 5.41) is 11.0. The highest BCUT2D eigenvalue weighted by Crippen LogP contribution is 2.65. The van der Waals surface area contributed by atoms with Crippen molar-refractivity contribution in [2.24, 2.45) is 22.7 Å². The lowest BCUT2D eigenvalue weighted by Crippen LogP contribution is -2.65. The zero-order valence-corrected chi connectivity index (χ0v) is 32.2. The van der Waals surface area contributed by atoms with Crippen LogP contribution in [0.3, 0.4) is 0 Å². The number of rotatable bonds is 13. The third-order valence-corrected chi connectivity index (χ3v) is 15.3. The fourth-order valence-electron chi connectivity index (χ4n) is 9.31. The number of carbonyl (C=O) groups excluding carboxylic acids is 5. The Hall–Kier alpha value is -2.74. The first kappa shape index (κ1) is 38.0. The number of piperidine rings is 1. The fraction of sp³-hybridized carbons (Fsp3) is 0.865. The number of fused-ring (bicyclic) bond motifs is 1. The van der Waals surface area contributed by atoms with Crippen molar-refractivity contribution in [1.82, 2.24) is 30.5 Å². The molecule has 286 valence electrons. The first-order valence-electron chi connectivity index (χ1n) is 19.5. The second-order valence-electron chi connectivity index (χ2n) is 18.0. The molecule has 2 heterocycles.